The second-order valence-corrected chi connectivity index (χ2v) is 5.64. The first-order valence-corrected chi connectivity index (χ1v) is 6.91. The molecule has 4 atom stereocenters. The van der Waals surface area contributed by atoms with Gasteiger partial charge in [0.25, 0.3) is 0 Å². The van der Waals surface area contributed by atoms with Crippen LogP contribution in [0.1, 0.15) is 44.9 Å². The zero-order chi connectivity index (χ0) is 12.3. The highest BCUT2D eigenvalue weighted by Crippen LogP contribution is 2.41. The van der Waals surface area contributed by atoms with Crippen molar-refractivity contribution in [2.24, 2.45) is 5.92 Å². The Bertz CT molecular complexity index is 285. The van der Waals surface area contributed by atoms with Gasteiger partial charge in [0.2, 0.25) is 0 Å². The molecule has 0 aromatic carbocycles. The zero-order valence-electron chi connectivity index (χ0n) is 10.7. The van der Waals surface area contributed by atoms with Gasteiger partial charge in [-0.15, -0.1) is 13.2 Å². The van der Waals surface area contributed by atoms with Gasteiger partial charge in [-0.3, -0.25) is 0 Å². The molecular formula is C15H25NO. The van der Waals surface area contributed by atoms with E-state index in [1.807, 2.05) is 12.2 Å². The number of nitrogens with one attached hydrogen (secondary N) is 1. The van der Waals surface area contributed by atoms with Crippen LogP contribution in [0.4, 0.5) is 0 Å². The Labute approximate surface area is 105 Å². The number of aliphatic hydroxyl groups is 1. The van der Waals surface area contributed by atoms with E-state index in [4.69, 9.17) is 0 Å². The molecule has 2 heteroatoms. The lowest BCUT2D eigenvalue weighted by Crippen LogP contribution is -2.61. The fraction of sp³-hybridized carbons (Fsp3) is 0.733. The highest BCUT2D eigenvalue weighted by Gasteiger charge is 2.45. The molecule has 2 rings (SSSR count). The van der Waals surface area contributed by atoms with Crippen LogP contribution in [0.15, 0.2) is 25.3 Å². The van der Waals surface area contributed by atoms with E-state index in [2.05, 4.69) is 18.5 Å². The van der Waals surface area contributed by atoms with Gasteiger partial charge >= 0.3 is 0 Å². The highest BCUT2D eigenvalue weighted by atomic mass is 16.3. The Morgan fingerprint density at radius 1 is 1.24 bits per heavy atom. The van der Waals surface area contributed by atoms with Gasteiger partial charge in [-0.1, -0.05) is 18.6 Å². The number of piperidine rings is 1. The van der Waals surface area contributed by atoms with Crippen molar-refractivity contribution in [2.75, 3.05) is 0 Å². The molecule has 3 unspecified atom stereocenters. The van der Waals surface area contributed by atoms with Gasteiger partial charge in [-0.05, 0) is 38.5 Å². The largest absolute Gasteiger partial charge is 0.392 e. The summed E-state index contributed by atoms with van der Waals surface area (Å²) in [6.45, 7) is 7.77. The summed E-state index contributed by atoms with van der Waals surface area (Å²) in [6.07, 6.45) is 11.7. The molecule has 0 bridgehead atoms. The van der Waals surface area contributed by atoms with E-state index < -0.39 is 0 Å². The van der Waals surface area contributed by atoms with Gasteiger partial charge in [0.05, 0.1) is 6.10 Å². The minimum Gasteiger partial charge on any atom is -0.392 e. The van der Waals surface area contributed by atoms with Gasteiger partial charge in [0.15, 0.2) is 0 Å². The lowest BCUT2D eigenvalue weighted by molar-refractivity contribution is 0.00408. The third-order valence-corrected chi connectivity index (χ3v) is 4.55. The number of hydrogen-bond donors (Lipinski definition) is 2. The summed E-state index contributed by atoms with van der Waals surface area (Å²) >= 11 is 0. The lowest BCUT2D eigenvalue weighted by Gasteiger charge is -2.51. The predicted molar refractivity (Wildman–Crippen MR) is 71.9 cm³/mol. The second-order valence-electron chi connectivity index (χ2n) is 5.64. The third kappa shape index (κ3) is 2.48. The van der Waals surface area contributed by atoms with Crippen molar-refractivity contribution < 1.29 is 5.11 Å². The first-order valence-electron chi connectivity index (χ1n) is 6.91. The van der Waals surface area contributed by atoms with Crippen molar-refractivity contribution in [3.8, 4) is 0 Å². The Morgan fingerprint density at radius 3 is 2.59 bits per heavy atom. The van der Waals surface area contributed by atoms with Crippen molar-refractivity contribution in [3.63, 3.8) is 0 Å². The van der Waals surface area contributed by atoms with Crippen LogP contribution in [0.2, 0.25) is 0 Å². The number of aliphatic hydroxyl groups excluding tert-OH is 1. The molecule has 1 aliphatic heterocycles. The van der Waals surface area contributed by atoms with E-state index in [1.165, 1.54) is 25.7 Å². The van der Waals surface area contributed by atoms with Gasteiger partial charge in [-0.25, -0.2) is 0 Å². The molecule has 0 radical (unpaired) electrons. The molecule has 1 heterocycles. The van der Waals surface area contributed by atoms with E-state index in [-0.39, 0.29) is 17.6 Å². The number of hydrogen-bond acceptors (Lipinski definition) is 2. The fourth-order valence-electron chi connectivity index (χ4n) is 3.78. The van der Waals surface area contributed by atoms with Gasteiger partial charge < -0.3 is 10.4 Å². The standard InChI is InChI=1S/C15H25NO/c1-3-7-12-8-5-10-15(16-12)11-6-9-14(17)13(15)4-2/h3-4,12-14,16-17H,1-2,5-11H2/t12-,13?,14?,15?/m1/s1. The predicted octanol–water partition coefficient (Wildman–Crippen LogP) is 2.79. The monoisotopic (exact) mass is 235 g/mol. The van der Waals surface area contributed by atoms with Gasteiger partial charge in [-0.2, -0.15) is 0 Å². The molecule has 0 aromatic heterocycles. The van der Waals surface area contributed by atoms with Crippen LogP contribution in [0.5, 0.6) is 0 Å². The maximum atomic E-state index is 10.2. The molecule has 1 saturated carbocycles. The summed E-state index contributed by atoms with van der Waals surface area (Å²) in [6, 6.07) is 0.536. The molecule has 2 N–H and O–H groups in total. The van der Waals surface area contributed by atoms with E-state index in [0.29, 0.717) is 6.04 Å². The minimum absolute atomic E-state index is 0.103. The van der Waals surface area contributed by atoms with E-state index in [0.717, 1.165) is 19.3 Å². The van der Waals surface area contributed by atoms with Crippen molar-refractivity contribution in [1.82, 2.24) is 5.32 Å². The summed E-state index contributed by atoms with van der Waals surface area (Å²) in [4.78, 5) is 0. The lowest BCUT2D eigenvalue weighted by atomic mass is 9.66. The topological polar surface area (TPSA) is 32.3 Å². The van der Waals surface area contributed by atoms with Crippen molar-refractivity contribution in [2.45, 2.75) is 62.6 Å². The molecule has 1 saturated heterocycles. The maximum Gasteiger partial charge on any atom is 0.0620 e. The zero-order valence-corrected chi connectivity index (χ0v) is 10.7. The fourth-order valence-corrected chi connectivity index (χ4v) is 3.78. The molecule has 1 spiro atoms. The summed E-state index contributed by atoms with van der Waals surface area (Å²) < 4.78 is 0. The highest BCUT2D eigenvalue weighted by molar-refractivity contribution is 5.10. The molecule has 2 nitrogen and oxygen atoms in total. The van der Waals surface area contributed by atoms with E-state index in [9.17, 15) is 5.11 Å². The summed E-state index contributed by atoms with van der Waals surface area (Å²) in [5.74, 6) is 0.212. The summed E-state index contributed by atoms with van der Waals surface area (Å²) in [7, 11) is 0. The van der Waals surface area contributed by atoms with Crippen LogP contribution in [-0.2, 0) is 0 Å². The van der Waals surface area contributed by atoms with Crippen molar-refractivity contribution in [1.29, 1.82) is 0 Å². The maximum absolute atomic E-state index is 10.2. The van der Waals surface area contributed by atoms with Crippen LogP contribution < -0.4 is 5.32 Å². The Hall–Kier alpha value is -0.600. The molecule has 0 aromatic rings. The normalized spacial score (nSPS) is 42.3. The SMILES string of the molecule is C=CC[C@@H]1CCCC2(CCCC(O)C2C=C)N1. The van der Waals surface area contributed by atoms with Crippen LogP contribution in [0.3, 0.4) is 0 Å². The van der Waals surface area contributed by atoms with Crippen LogP contribution in [-0.4, -0.2) is 22.8 Å². The molecule has 0 amide bonds. The Kier molecular flexibility index (Phi) is 4.05. The van der Waals surface area contributed by atoms with E-state index in [1.54, 1.807) is 0 Å². The van der Waals surface area contributed by atoms with Crippen LogP contribution >= 0.6 is 0 Å². The second kappa shape index (κ2) is 5.36. The van der Waals surface area contributed by atoms with Gasteiger partial charge in [0.1, 0.15) is 0 Å². The quantitative estimate of drug-likeness (QED) is 0.737. The van der Waals surface area contributed by atoms with Crippen molar-refractivity contribution >= 4 is 0 Å². The number of rotatable bonds is 3. The molecule has 2 fully saturated rings. The third-order valence-electron chi connectivity index (χ3n) is 4.55. The Morgan fingerprint density at radius 2 is 1.94 bits per heavy atom. The Balaban J connectivity index is 2.14. The summed E-state index contributed by atoms with van der Waals surface area (Å²) in [5.41, 5.74) is 0.103. The van der Waals surface area contributed by atoms with Crippen LogP contribution in [0, 0.1) is 5.92 Å². The first-order chi connectivity index (χ1) is 8.22. The van der Waals surface area contributed by atoms with Crippen LogP contribution in [0.25, 0.3) is 0 Å². The molecule has 96 valence electrons. The first kappa shape index (κ1) is 12.8. The average molecular weight is 235 g/mol. The molecule has 1 aliphatic carbocycles. The molecule has 17 heavy (non-hydrogen) atoms. The van der Waals surface area contributed by atoms with Gasteiger partial charge in [0, 0.05) is 17.5 Å². The average Bonchev–Trinajstić information content (AvgIpc) is 2.30. The van der Waals surface area contributed by atoms with Crippen molar-refractivity contribution in [3.05, 3.63) is 25.3 Å². The smallest absolute Gasteiger partial charge is 0.0620 e. The summed E-state index contributed by atoms with van der Waals surface area (Å²) in [5, 5.41) is 14.0. The minimum atomic E-state index is -0.212. The molecular weight excluding hydrogens is 210 g/mol. The molecule has 2 aliphatic rings. The van der Waals surface area contributed by atoms with E-state index >= 15 is 0 Å².